The van der Waals surface area contributed by atoms with E-state index < -0.39 is 6.29 Å². The van der Waals surface area contributed by atoms with Crippen molar-refractivity contribution < 1.29 is 14.2 Å². The number of fused-ring (bicyclic) bond motifs is 1. The summed E-state index contributed by atoms with van der Waals surface area (Å²) in [6.07, 6.45) is -0.757. The van der Waals surface area contributed by atoms with Crippen LogP contribution in [0.4, 0.5) is 0 Å². The average Bonchev–Trinajstić information content (AvgIpc) is 2.52. The predicted octanol–water partition coefficient (Wildman–Crippen LogP) is 3.20. The van der Waals surface area contributed by atoms with Crippen molar-refractivity contribution in [1.82, 2.24) is 0 Å². The van der Waals surface area contributed by atoms with Gasteiger partial charge in [0.15, 0.2) is 6.29 Å². The highest BCUT2D eigenvalue weighted by atomic mass is 16.7. The fourth-order valence-electron chi connectivity index (χ4n) is 3.15. The van der Waals surface area contributed by atoms with Gasteiger partial charge in [-0.3, -0.25) is 0 Å². The third-order valence-corrected chi connectivity index (χ3v) is 4.24. The summed E-state index contributed by atoms with van der Waals surface area (Å²) in [5.41, 5.74) is 9.71. The van der Waals surface area contributed by atoms with Crippen LogP contribution in [0.2, 0.25) is 0 Å². The zero-order valence-electron chi connectivity index (χ0n) is 12.1. The third kappa shape index (κ3) is 2.76. The van der Waals surface area contributed by atoms with Crippen LogP contribution in [0, 0.1) is 5.92 Å². The normalized spacial score (nSPS) is 39.1. The summed E-state index contributed by atoms with van der Waals surface area (Å²) in [5.74, 6) is 0.0877. The second-order valence-electron chi connectivity index (χ2n) is 5.61. The van der Waals surface area contributed by atoms with Gasteiger partial charge in [-0.1, -0.05) is 42.4 Å². The SMILES string of the molecule is C[C@@H]1C(N=[N+]=[N-])[C@@H](C)OC2COC(c3ccccc3)O[C@H]21. The molecule has 0 spiro atoms. The van der Waals surface area contributed by atoms with Crippen LogP contribution >= 0.6 is 0 Å². The Morgan fingerprint density at radius 2 is 1.95 bits per heavy atom. The van der Waals surface area contributed by atoms with Gasteiger partial charge in [0.1, 0.15) is 6.10 Å². The molecule has 0 radical (unpaired) electrons. The molecule has 1 aromatic carbocycles. The molecule has 0 aliphatic carbocycles. The Balaban J connectivity index is 1.78. The van der Waals surface area contributed by atoms with E-state index >= 15 is 0 Å². The van der Waals surface area contributed by atoms with E-state index in [4.69, 9.17) is 19.7 Å². The van der Waals surface area contributed by atoms with E-state index in [1.807, 2.05) is 44.2 Å². The van der Waals surface area contributed by atoms with Crippen molar-refractivity contribution in [3.05, 3.63) is 46.3 Å². The number of hydrogen-bond acceptors (Lipinski definition) is 4. The quantitative estimate of drug-likeness (QED) is 0.476. The molecular weight excluding hydrogens is 270 g/mol. The minimum atomic E-state index is -0.390. The minimum absolute atomic E-state index is 0.0877. The highest BCUT2D eigenvalue weighted by Crippen LogP contribution is 2.37. The molecule has 0 amide bonds. The Kier molecular flexibility index (Phi) is 4.12. The van der Waals surface area contributed by atoms with Gasteiger partial charge in [0.25, 0.3) is 0 Å². The van der Waals surface area contributed by atoms with E-state index in [2.05, 4.69) is 10.0 Å². The smallest absolute Gasteiger partial charge is 0.184 e. The largest absolute Gasteiger partial charge is 0.370 e. The van der Waals surface area contributed by atoms with Crippen LogP contribution in [-0.4, -0.2) is 31.0 Å². The van der Waals surface area contributed by atoms with E-state index in [0.717, 1.165) is 5.56 Å². The molecule has 3 rings (SSSR count). The fraction of sp³-hybridized carbons (Fsp3) is 0.600. The average molecular weight is 289 g/mol. The van der Waals surface area contributed by atoms with Gasteiger partial charge in [-0.15, -0.1) is 0 Å². The standard InChI is InChI=1S/C15H19N3O3/c1-9-13(17-18-16)10(2)20-12-8-19-15(21-14(9)12)11-6-4-3-5-7-11/h3-7,9-10,12-15H,8H2,1-2H3/t9-,10-,12?,13?,14+,15?/m1/s1. The Morgan fingerprint density at radius 1 is 1.19 bits per heavy atom. The number of hydrogen-bond donors (Lipinski definition) is 0. The van der Waals surface area contributed by atoms with Gasteiger partial charge < -0.3 is 14.2 Å². The fourth-order valence-corrected chi connectivity index (χ4v) is 3.15. The molecule has 0 saturated carbocycles. The molecule has 6 heteroatoms. The maximum Gasteiger partial charge on any atom is 0.184 e. The lowest BCUT2D eigenvalue weighted by molar-refractivity contribution is -0.301. The first kappa shape index (κ1) is 14.4. The van der Waals surface area contributed by atoms with E-state index in [0.29, 0.717) is 6.61 Å². The molecule has 0 N–H and O–H groups in total. The van der Waals surface area contributed by atoms with Gasteiger partial charge in [0.05, 0.1) is 24.9 Å². The van der Waals surface area contributed by atoms with Crippen LogP contribution in [0.1, 0.15) is 25.7 Å². The lowest BCUT2D eigenvalue weighted by atomic mass is 9.86. The van der Waals surface area contributed by atoms with Crippen LogP contribution in [-0.2, 0) is 14.2 Å². The summed E-state index contributed by atoms with van der Waals surface area (Å²) >= 11 is 0. The van der Waals surface area contributed by atoms with E-state index in [1.165, 1.54) is 0 Å². The molecule has 112 valence electrons. The molecule has 2 saturated heterocycles. The second kappa shape index (κ2) is 6.03. The highest BCUT2D eigenvalue weighted by Gasteiger charge is 2.46. The van der Waals surface area contributed by atoms with Gasteiger partial charge in [0, 0.05) is 10.5 Å². The minimum Gasteiger partial charge on any atom is -0.370 e. The van der Waals surface area contributed by atoms with Gasteiger partial charge in [0.2, 0.25) is 0 Å². The van der Waals surface area contributed by atoms with Gasteiger partial charge in [-0.05, 0) is 18.4 Å². The van der Waals surface area contributed by atoms with Crippen LogP contribution in [0.5, 0.6) is 0 Å². The van der Waals surface area contributed by atoms with Crippen LogP contribution in [0.15, 0.2) is 35.4 Å². The number of azide groups is 1. The molecule has 2 fully saturated rings. The monoisotopic (exact) mass is 289 g/mol. The molecule has 2 aliphatic heterocycles. The predicted molar refractivity (Wildman–Crippen MR) is 76.4 cm³/mol. The lowest BCUT2D eigenvalue weighted by Crippen LogP contribution is -2.56. The molecule has 2 heterocycles. The maximum absolute atomic E-state index is 8.72. The van der Waals surface area contributed by atoms with Crippen molar-refractivity contribution in [2.45, 2.75) is 44.5 Å². The Hall–Kier alpha value is -1.59. The lowest BCUT2D eigenvalue weighted by Gasteiger charge is -2.47. The molecule has 0 bridgehead atoms. The molecule has 3 unspecified atom stereocenters. The first-order valence-electron chi connectivity index (χ1n) is 7.22. The van der Waals surface area contributed by atoms with Crippen molar-refractivity contribution >= 4 is 0 Å². The Morgan fingerprint density at radius 3 is 2.67 bits per heavy atom. The molecule has 0 aromatic heterocycles. The summed E-state index contributed by atoms with van der Waals surface area (Å²) < 4.78 is 17.8. The molecular formula is C15H19N3O3. The molecule has 6 atom stereocenters. The van der Waals surface area contributed by atoms with Crippen LogP contribution in [0.25, 0.3) is 10.4 Å². The van der Waals surface area contributed by atoms with Crippen molar-refractivity contribution in [2.75, 3.05) is 6.61 Å². The summed E-state index contributed by atoms with van der Waals surface area (Å²) in [6, 6.07) is 9.62. The summed E-state index contributed by atoms with van der Waals surface area (Å²) in [7, 11) is 0. The number of nitrogens with zero attached hydrogens (tertiary/aromatic N) is 3. The Labute approximate surface area is 123 Å². The van der Waals surface area contributed by atoms with Crippen molar-refractivity contribution in [3.63, 3.8) is 0 Å². The molecule has 21 heavy (non-hydrogen) atoms. The number of benzene rings is 1. The third-order valence-electron chi connectivity index (χ3n) is 4.24. The first-order valence-corrected chi connectivity index (χ1v) is 7.22. The summed E-state index contributed by atoms with van der Waals surface area (Å²) in [4.78, 5) is 2.93. The van der Waals surface area contributed by atoms with E-state index in [9.17, 15) is 0 Å². The maximum atomic E-state index is 8.72. The van der Waals surface area contributed by atoms with E-state index in [1.54, 1.807) is 0 Å². The zero-order valence-corrected chi connectivity index (χ0v) is 12.1. The van der Waals surface area contributed by atoms with Gasteiger partial charge in [-0.25, -0.2) is 0 Å². The zero-order chi connectivity index (χ0) is 14.8. The summed E-state index contributed by atoms with van der Waals surface area (Å²) in [5, 5.41) is 3.87. The van der Waals surface area contributed by atoms with E-state index in [-0.39, 0.29) is 30.3 Å². The van der Waals surface area contributed by atoms with Gasteiger partial charge >= 0.3 is 0 Å². The molecule has 2 aliphatic rings. The van der Waals surface area contributed by atoms with Crippen molar-refractivity contribution in [1.29, 1.82) is 0 Å². The second-order valence-corrected chi connectivity index (χ2v) is 5.61. The van der Waals surface area contributed by atoms with Crippen LogP contribution in [0.3, 0.4) is 0 Å². The Bertz CT molecular complexity index is 532. The highest BCUT2D eigenvalue weighted by molar-refractivity contribution is 5.16. The van der Waals surface area contributed by atoms with Crippen molar-refractivity contribution in [3.8, 4) is 0 Å². The topological polar surface area (TPSA) is 76.5 Å². The first-order chi connectivity index (χ1) is 10.2. The van der Waals surface area contributed by atoms with Crippen molar-refractivity contribution in [2.24, 2.45) is 11.0 Å². The summed E-state index contributed by atoms with van der Waals surface area (Å²) in [6.45, 7) is 4.46. The number of rotatable bonds is 2. The van der Waals surface area contributed by atoms with Crippen LogP contribution < -0.4 is 0 Å². The molecule has 1 aromatic rings. The van der Waals surface area contributed by atoms with Gasteiger partial charge in [-0.2, -0.15) is 0 Å². The molecule has 6 nitrogen and oxygen atoms in total. The number of ether oxygens (including phenoxy) is 3.